The summed E-state index contributed by atoms with van der Waals surface area (Å²) in [5.41, 5.74) is 0. The van der Waals surface area contributed by atoms with Gasteiger partial charge in [-0.3, -0.25) is 0 Å². The van der Waals surface area contributed by atoms with Gasteiger partial charge in [0.25, 0.3) is 0 Å². The Morgan fingerprint density at radius 1 is 1.36 bits per heavy atom. The van der Waals surface area contributed by atoms with Gasteiger partial charge in [0.05, 0.1) is 0 Å². The number of alkyl halides is 1. The SMILES string of the molecule is CCC(CC(C)CI)N(C)C. The summed E-state index contributed by atoms with van der Waals surface area (Å²) in [5, 5.41) is 0. The zero-order valence-corrected chi connectivity index (χ0v) is 10.3. The van der Waals surface area contributed by atoms with Gasteiger partial charge in [-0.05, 0) is 32.9 Å². The van der Waals surface area contributed by atoms with Crippen molar-refractivity contribution >= 4 is 22.6 Å². The highest BCUT2D eigenvalue weighted by atomic mass is 127. The minimum atomic E-state index is 0.778. The van der Waals surface area contributed by atoms with Crippen LogP contribution in [0.1, 0.15) is 26.7 Å². The van der Waals surface area contributed by atoms with Crippen molar-refractivity contribution in [3.8, 4) is 0 Å². The van der Waals surface area contributed by atoms with Crippen molar-refractivity contribution in [2.75, 3.05) is 18.5 Å². The smallest absolute Gasteiger partial charge is 0.00893 e. The molecular formula is C9H20IN. The summed E-state index contributed by atoms with van der Waals surface area (Å²) in [5.74, 6) is 0.864. The molecule has 1 nitrogen and oxygen atoms in total. The molecule has 0 rings (SSSR count). The summed E-state index contributed by atoms with van der Waals surface area (Å²) in [6.45, 7) is 4.60. The van der Waals surface area contributed by atoms with Gasteiger partial charge in [0.1, 0.15) is 0 Å². The Morgan fingerprint density at radius 3 is 2.18 bits per heavy atom. The maximum Gasteiger partial charge on any atom is 0.00893 e. The van der Waals surface area contributed by atoms with E-state index in [4.69, 9.17) is 0 Å². The zero-order chi connectivity index (χ0) is 8.85. The van der Waals surface area contributed by atoms with Gasteiger partial charge in [-0.15, -0.1) is 0 Å². The van der Waals surface area contributed by atoms with Gasteiger partial charge >= 0.3 is 0 Å². The molecule has 2 heteroatoms. The summed E-state index contributed by atoms with van der Waals surface area (Å²) in [6.07, 6.45) is 2.61. The van der Waals surface area contributed by atoms with Crippen LogP contribution in [0.25, 0.3) is 0 Å². The first-order valence-electron chi connectivity index (χ1n) is 4.34. The third-order valence-corrected chi connectivity index (χ3v) is 3.64. The second kappa shape index (κ2) is 6.23. The van der Waals surface area contributed by atoms with E-state index in [1.165, 1.54) is 17.3 Å². The van der Waals surface area contributed by atoms with E-state index in [0.717, 1.165) is 12.0 Å². The average Bonchev–Trinajstić information content (AvgIpc) is 1.99. The molecule has 0 radical (unpaired) electrons. The quantitative estimate of drug-likeness (QED) is 0.548. The summed E-state index contributed by atoms with van der Waals surface area (Å²) in [4.78, 5) is 2.34. The second-order valence-corrected chi connectivity index (χ2v) is 4.40. The highest BCUT2D eigenvalue weighted by Crippen LogP contribution is 2.14. The fraction of sp³-hybridized carbons (Fsp3) is 1.00. The number of rotatable bonds is 5. The lowest BCUT2D eigenvalue weighted by Gasteiger charge is -2.25. The van der Waals surface area contributed by atoms with Crippen LogP contribution in [-0.2, 0) is 0 Å². The minimum absolute atomic E-state index is 0.778. The van der Waals surface area contributed by atoms with E-state index in [2.05, 4.69) is 55.4 Å². The fourth-order valence-electron chi connectivity index (χ4n) is 1.27. The molecule has 2 unspecified atom stereocenters. The number of hydrogen-bond donors (Lipinski definition) is 0. The van der Waals surface area contributed by atoms with Gasteiger partial charge in [0.2, 0.25) is 0 Å². The molecule has 0 bridgehead atoms. The van der Waals surface area contributed by atoms with E-state index < -0.39 is 0 Å². The molecule has 0 aliphatic carbocycles. The Balaban J connectivity index is 3.68. The molecule has 11 heavy (non-hydrogen) atoms. The molecule has 0 amide bonds. The molecule has 0 aromatic rings. The topological polar surface area (TPSA) is 3.24 Å². The lowest BCUT2D eigenvalue weighted by molar-refractivity contribution is 0.250. The van der Waals surface area contributed by atoms with E-state index in [9.17, 15) is 0 Å². The molecule has 0 aromatic carbocycles. The van der Waals surface area contributed by atoms with E-state index in [0.29, 0.717) is 0 Å². The van der Waals surface area contributed by atoms with Gasteiger partial charge in [-0.2, -0.15) is 0 Å². The van der Waals surface area contributed by atoms with E-state index in [-0.39, 0.29) is 0 Å². The van der Waals surface area contributed by atoms with Crippen LogP contribution < -0.4 is 0 Å². The monoisotopic (exact) mass is 269 g/mol. The first-order valence-corrected chi connectivity index (χ1v) is 5.86. The molecule has 2 atom stereocenters. The largest absolute Gasteiger partial charge is 0.306 e. The fourth-order valence-corrected chi connectivity index (χ4v) is 1.63. The predicted octanol–water partition coefficient (Wildman–Crippen LogP) is 2.79. The van der Waals surface area contributed by atoms with Gasteiger partial charge in [-0.1, -0.05) is 36.4 Å². The van der Waals surface area contributed by atoms with Crippen LogP contribution in [-0.4, -0.2) is 29.5 Å². The summed E-state index contributed by atoms with van der Waals surface area (Å²) < 4.78 is 1.28. The van der Waals surface area contributed by atoms with Crippen molar-refractivity contribution in [2.45, 2.75) is 32.7 Å². The molecule has 0 saturated heterocycles. The number of nitrogens with zero attached hydrogens (tertiary/aromatic N) is 1. The molecule has 0 spiro atoms. The molecule has 0 aromatic heterocycles. The third kappa shape index (κ3) is 5.01. The van der Waals surface area contributed by atoms with Gasteiger partial charge in [0.15, 0.2) is 0 Å². The number of hydrogen-bond acceptors (Lipinski definition) is 1. The van der Waals surface area contributed by atoms with Crippen LogP contribution in [0.15, 0.2) is 0 Å². The first kappa shape index (κ1) is 11.7. The van der Waals surface area contributed by atoms with Crippen molar-refractivity contribution in [3.05, 3.63) is 0 Å². The molecular weight excluding hydrogens is 249 g/mol. The predicted molar refractivity (Wildman–Crippen MR) is 60.4 cm³/mol. The molecule has 0 heterocycles. The minimum Gasteiger partial charge on any atom is -0.306 e. The Kier molecular flexibility index (Phi) is 6.62. The van der Waals surface area contributed by atoms with E-state index in [1.807, 2.05) is 0 Å². The second-order valence-electron chi connectivity index (χ2n) is 3.52. The van der Waals surface area contributed by atoms with Crippen LogP contribution in [0, 0.1) is 5.92 Å². The highest BCUT2D eigenvalue weighted by Gasteiger charge is 2.11. The Labute approximate surface area is 84.7 Å². The van der Waals surface area contributed by atoms with Gasteiger partial charge < -0.3 is 4.90 Å². The molecule has 0 aliphatic heterocycles. The van der Waals surface area contributed by atoms with Crippen LogP contribution in [0.5, 0.6) is 0 Å². The van der Waals surface area contributed by atoms with E-state index in [1.54, 1.807) is 0 Å². The van der Waals surface area contributed by atoms with Crippen LogP contribution in [0.2, 0.25) is 0 Å². The van der Waals surface area contributed by atoms with Gasteiger partial charge in [-0.25, -0.2) is 0 Å². The van der Waals surface area contributed by atoms with Crippen LogP contribution in [0.3, 0.4) is 0 Å². The lowest BCUT2D eigenvalue weighted by atomic mass is 10.0. The highest BCUT2D eigenvalue weighted by molar-refractivity contribution is 14.1. The molecule has 0 saturated carbocycles. The Hall–Kier alpha value is 0.690. The number of halogens is 1. The van der Waals surface area contributed by atoms with Gasteiger partial charge in [0, 0.05) is 10.5 Å². The average molecular weight is 269 g/mol. The lowest BCUT2D eigenvalue weighted by Crippen LogP contribution is -2.29. The molecule has 0 fully saturated rings. The molecule has 68 valence electrons. The van der Waals surface area contributed by atoms with Crippen molar-refractivity contribution in [1.29, 1.82) is 0 Å². The maximum absolute atomic E-state index is 2.47. The molecule has 0 N–H and O–H groups in total. The summed E-state index contributed by atoms with van der Waals surface area (Å²) in [7, 11) is 4.35. The van der Waals surface area contributed by atoms with Crippen molar-refractivity contribution in [1.82, 2.24) is 4.90 Å². The Bertz CT molecular complexity index is 93.6. The van der Waals surface area contributed by atoms with E-state index >= 15 is 0 Å². The standard InChI is InChI=1S/C9H20IN/c1-5-9(11(3)4)6-8(2)7-10/h8-9H,5-7H2,1-4H3. The van der Waals surface area contributed by atoms with Crippen molar-refractivity contribution in [3.63, 3.8) is 0 Å². The van der Waals surface area contributed by atoms with Crippen molar-refractivity contribution in [2.24, 2.45) is 5.92 Å². The van der Waals surface area contributed by atoms with Crippen LogP contribution in [0.4, 0.5) is 0 Å². The summed E-state index contributed by atoms with van der Waals surface area (Å²) in [6, 6.07) is 0.778. The summed E-state index contributed by atoms with van der Waals surface area (Å²) >= 11 is 2.47. The Morgan fingerprint density at radius 2 is 1.91 bits per heavy atom. The maximum atomic E-state index is 2.47. The zero-order valence-electron chi connectivity index (χ0n) is 8.10. The first-order chi connectivity index (χ1) is 5.11. The van der Waals surface area contributed by atoms with Crippen LogP contribution >= 0.6 is 22.6 Å². The normalized spacial score (nSPS) is 16.9. The third-order valence-electron chi connectivity index (χ3n) is 2.14. The van der Waals surface area contributed by atoms with Crippen molar-refractivity contribution < 1.29 is 0 Å². The molecule has 0 aliphatic rings.